The molecule has 1 aliphatic rings. The maximum atomic E-state index is 13.9. The largest absolute Gasteiger partial charge is 0.388 e. The molecule has 1 fully saturated rings. The first-order chi connectivity index (χ1) is 14.3. The third kappa shape index (κ3) is 5.66. The van der Waals surface area contributed by atoms with Crippen molar-refractivity contribution in [3.8, 4) is 11.3 Å². The van der Waals surface area contributed by atoms with E-state index in [9.17, 15) is 4.39 Å². The average Bonchev–Trinajstić information content (AvgIpc) is 2.73. The summed E-state index contributed by atoms with van der Waals surface area (Å²) in [5, 5.41) is 6.77. The van der Waals surface area contributed by atoms with Gasteiger partial charge in [0.05, 0.1) is 11.9 Å². The van der Waals surface area contributed by atoms with Crippen LogP contribution in [0.25, 0.3) is 16.8 Å². The Morgan fingerprint density at radius 2 is 1.97 bits per heavy atom. The number of nitrogens with one attached hydrogen (secondary N) is 2. The highest BCUT2D eigenvalue weighted by Crippen LogP contribution is 2.31. The van der Waals surface area contributed by atoms with Gasteiger partial charge in [0, 0.05) is 67.6 Å². The van der Waals surface area contributed by atoms with Gasteiger partial charge in [0.25, 0.3) is 0 Å². The van der Waals surface area contributed by atoms with Gasteiger partial charge in [-0.2, -0.15) is 0 Å². The van der Waals surface area contributed by atoms with Gasteiger partial charge < -0.3 is 15.5 Å². The van der Waals surface area contributed by atoms with Crippen molar-refractivity contribution in [2.24, 2.45) is 0 Å². The van der Waals surface area contributed by atoms with E-state index in [1.807, 2.05) is 19.2 Å². The van der Waals surface area contributed by atoms with E-state index in [2.05, 4.69) is 44.7 Å². The summed E-state index contributed by atoms with van der Waals surface area (Å²) in [7, 11) is 1.90. The second kappa shape index (κ2) is 9.39. The van der Waals surface area contributed by atoms with E-state index in [0.717, 1.165) is 59.7 Å². The van der Waals surface area contributed by atoms with E-state index >= 15 is 0 Å². The molecular weight excluding hydrogens is 377 g/mol. The van der Waals surface area contributed by atoms with E-state index < -0.39 is 5.67 Å². The van der Waals surface area contributed by atoms with E-state index in [1.54, 1.807) is 32.4 Å². The van der Waals surface area contributed by atoms with Crippen molar-refractivity contribution in [1.29, 1.82) is 0 Å². The van der Waals surface area contributed by atoms with Crippen LogP contribution < -0.4 is 10.6 Å². The number of hydrogen-bond acceptors (Lipinski definition) is 5. The summed E-state index contributed by atoms with van der Waals surface area (Å²) in [5.74, 6) is 0. The Morgan fingerprint density at radius 1 is 1.23 bits per heavy atom. The second-order valence-corrected chi connectivity index (χ2v) is 8.47. The van der Waals surface area contributed by atoms with Crippen LogP contribution in [0.4, 0.5) is 10.1 Å². The average molecular weight is 410 g/mol. The van der Waals surface area contributed by atoms with Gasteiger partial charge in [0.2, 0.25) is 0 Å². The molecule has 1 saturated heterocycles. The smallest absolute Gasteiger partial charge is 0.118 e. The lowest BCUT2D eigenvalue weighted by atomic mass is 9.97. The number of nitrogens with zero attached hydrogens (tertiary/aromatic N) is 3. The van der Waals surface area contributed by atoms with Crippen LogP contribution in [0.3, 0.4) is 0 Å². The molecule has 160 valence electrons. The van der Waals surface area contributed by atoms with E-state index in [4.69, 9.17) is 0 Å². The molecular formula is C24H32FN5. The zero-order valence-electron chi connectivity index (χ0n) is 18.2. The van der Waals surface area contributed by atoms with Crippen molar-refractivity contribution >= 4 is 11.3 Å². The van der Waals surface area contributed by atoms with Crippen molar-refractivity contribution in [3.63, 3.8) is 0 Å². The van der Waals surface area contributed by atoms with E-state index in [1.165, 1.54) is 0 Å². The van der Waals surface area contributed by atoms with Crippen molar-refractivity contribution in [3.05, 3.63) is 61.2 Å². The Hall–Kier alpha value is -2.73. The zero-order chi connectivity index (χ0) is 21.7. The van der Waals surface area contributed by atoms with Gasteiger partial charge in [-0.15, -0.1) is 0 Å². The van der Waals surface area contributed by atoms with Crippen LogP contribution in [-0.2, 0) is 0 Å². The Kier molecular flexibility index (Phi) is 6.87. The molecule has 0 radical (unpaired) electrons. The first-order valence-electron chi connectivity index (χ1n) is 10.4. The normalized spacial score (nSPS) is 15.6. The molecule has 0 spiro atoms. The number of rotatable bonds is 8. The van der Waals surface area contributed by atoms with Crippen LogP contribution in [0.15, 0.2) is 55.6 Å². The molecule has 2 heterocycles. The molecule has 1 aliphatic heterocycles. The van der Waals surface area contributed by atoms with Crippen LogP contribution in [0.1, 0.15) is 32.3 Å². The highest BCUT2D eigenvalue weighted by atomic mass is 19.1. The highest BCUT2D eigenvalue weighted by molar-refractivity contribution is 5.86. The maximum Gasteiger partial charge on any atom is 0.118 e. The number of likely N-dealkylation sites (tertiary alicyclic amines) is 1. The van der Waals surface area contributed by atoms with Gasteiger partial charge in [-0.1, -0.05) is 19.2 Å². The van der Waals surface area contributed by atoms with E-state index in [0.29, 0.717) is 12.6 Å². The quantitative estimate of drug-likeness (QED) is 0.628. The molecule has 1 aromatic heterocycles. The summed E-state index contributed by atoms with van der Waals surface area (Å²) < 4.78 is 13.9. The number of alkyl halides is 1. The van der Waals surface area contributed by atoms with Crippen molar-refractivity contribution in [1.82, 2.24) is 20.2 Å². The summed E-state index contributed by atoms with van der Waals surface area (Å²) in [6.45, 7) is 14.1. The van der Waals surface area contributed by atoms with Crippen LogP contribution in [0.5, 0.6) is 0 Å². The van der Waals surface area contributed by atoms with Crippen LogP contribution in [0, 0.1) is 0 Å². The fraction of sp³-hybridized carbons (Fsp3) is 0.417. The number of allylic oxidation sites excluding steroid dienone is 1. The number of piperidine rings is 1. The van der Waals surface area contributed by atoms with E-state index in [-0.39, 0.29) is 0 Å². The molecule has 0 aliphatic carbocycles. The number of benzene rings is 1. The summed E-state index contributed by atoms with van der Waals surface area (Å²) in [5.41, 5.74) is 4.26. The van der Waals surface area contributed by atoms with Gasteiger partial charge in [-0.25, -0.2) is 4.39 Å². The minimum atomic E-state index is -1.16. The lowest BCUT2D eigenvalue weighted by Crippen LogP contribution is -2.45. The molecule has 30 heavy (non-hydrogen) atoms. The Balaban J connectivity index is 1.67. The molecule has 5 nitrogen and oxygen atoms in total. The van der Waals surface area contributed by atoms with Crippen molar-refractivity contribution in [2.75, 3.05) is 32.0 Å². The number of aromatic nitrogens is 2. The van der Waals surface area contributed by atoms with Gasteiger partial charge >= 0.3 is 0 Å². The first-order valence-corrected chi connectivity index (χ1v) is 10.4. The number of hydrogen-bond donors (Lipinski definition) is 2. The number of anilines is 1. The molecule has 0 amide bonds. The molecule has 0 saturated carbocycles. The Bertz CT molecular complexity index is 880. The molecule has 0 atom stereocenters. The minimum Gasteiger partial charge on any atom is -0.388 e. The molecule has 2 aromatic rings. The fourth-order valence-corrected chi connectivity index (χ4v) is 3.88. The van der Waals surface area contributed by atoms with Crippen molar-refractivity contribution in [2.45, 2.75) is 38.4 Å². The highest BCUT2D eigenvalue weighted by Gasteiger charge is 2.25. The standard InChI is InChI=1S/C24H32FN5/c1-17(18(2)29-20-8-12-30(13-9-20)16-24(3,4)25)21-14-19(6-7-22(21)26-5)23-15-27-10-11-28-23/h6-7,10-11,14-15,20,26,29H,1-2,8-9,12-13,16H2,3-5H3. The van der Waals surface area contributed by atoms with Crippen molar-refractivity contribution < 1.29 is 4.39 Å². The van der Waals surface area contributed by atoms with Crippen LogP contribution in [0.2, 0.25) is 0 Å². The molecule has 2 N–H and O–H groups in total. The monoisotopic (exact) mass is 409 g/mol. The third-order valence-electron chi connectivity index (χ3n) is 5.40. The van der Waals surface area contributed by atoms with Gasteiger partial charge in [-0.05, 0) is 44.4 Å². The molecule has 6 heteroatoms. The van der Waals surface area contributed by atoms with Crippen LogP contribution in [-0.4, -0.2) is 53.3 Å². The van der Waals surface area contributed by atoms with Gasteiger partial charge in [0.1, 0.15) is 5.67 Å². The van der Waals surface area contributed by atoms with Crippen LogP contribution >= 0.6 is 0 Å². The fourth-order valence-electron chi connectivity index (χ4n) is 3.88. The lowest BCUT2D eigenvalue weighted by Gasteiger charge is -2.35. The Morgan fingerprint density at radius 3 is 2.57 bits per heavy atom. The SMILES string of the molecule is C=C(NC1CCN(CC(C)(C)F)CC1)C(=C)c1cc(-c2cnccn2)ccc1NC. The summed E-state index contributed by atoms with van der Waals surface area (Å²) in [6.07, 6.45) is 7.02. The summed E-state index contributed by atoms with van der Waals surface area (Å²) in [4.78, 5) is 10.7. The maximum absolute atomic E-state index is 13.9. The summed E-state index contributed by atoms with van der Waals surface area (Å²) >= 11 is 0. The molecule has 0 unspecified atom stereocenters. The molecule has 1 aromatic carbocycles. The zero-order valence-corrected chi connectivity index (χ0v) is 18.2. The third-order valence-corrected chi connectivity index (χ3v) is 5.40. The van der Waals surface area contributed by atoms with Gasteiger partial charge in [-0.3, -0.25) is 9.97 Å². The summed E-state index contributed by atoms with van der Waals surface area (Å²) in [6, 6.07) is 6.42. The van der Waals surface area contributed by atoms with Gasteiger partial charge in [0.15, 0.2) is 0 Å². The Labute approximate surface area is 179 Å². The molecule has 0 bridgehead atoms. The predicted molar refractivity (Wildman–Crippen MR) is 123 cm³/mol. The number of halogens is 1. The first kappa shape index (κ1) is 22.0. The minimum absolute atomic E-state index is 0.314. The predicted octanol–water partition coefficient (Wildman–Crippen LogP) is 4.51. The topological polar surface area (TPSA) is 53.1 Å². The lowest BCUT2D eigenvalue weighted by molar-refractivity contribution is 0.103. The second-order valence-electron chi connectivity index (χ2n) is 8.47. The molecule has 3 rings (SSSR count).